The monoisotopic (exact) mass is 288 g/mol. The predicted octanol–water partition coefficient (Wildman–Crippen LogP) is 3.38. The van der Waals surface area contributed by atoms with Crippen molar-refractivity contribution in [3.05, 3.63) is 47.4 Å². The number of rotatable bonds is 6. The van der Waals surface area contributed by atoms with Crippen molar-refractivity contribution in [2.24, 2.45) is 0 Å². The van der Waals surface area contributed by atoms with E-state index in [1.165, 1.54) is 12.1 Å². The van der Waals surface area contributed by atoms with Crippen LogP contribution in [0.5, 0.6) is 0 Å². The molecule has 0 saturated carbocycles. The summed E-state index contributed by atoms with van der Waals surface area (Å²) in [6, 6.07) is 6.53. The Balaban J connectivity index is 2.13. The first kappa shape index (κ1) is 15.2. The molecular formula is C16H21FN4. The van der Waals surface area contributed by atoms with Crippen LogP contribution in [0.1, 0.15) is 24.5 Å². The molecule has 0 spiro atoms. The Labute approximate surface area is 125 Å². The number of nitrogens with zero attached hydrogens (tertiary/aromatic N) is 3. The first-order chi connectivity index (χ1) is 10.1. The van der Waals surface area contributed by atoms with Gasteiger partial charge in [-0.15, -0.1) is 0 Å². The largest absolute Gasteiger partial charge is 0.355 e. The normalized spacial score (nSPS) is 10.5. The molecule has 4 nitrogen and oxygen atoms in total. The summed E-state index contributed by atoms with van der Waals surface area (Å²) in [5.41, 5.74) is 2.06. The third kappa shape index (κ3) is 4.15. The number of hydrogen-bond acceptors (Lipinski definition) is 4. The molecule has 0 aliphatic carbocycles. The molecule has 1 aromatic heterocycles. The molecule has 21 heavy (non-hydrogen) atoms. The third-order valence-corrected chi connectivity index (χ3v) is 3.17. The zero-order valence-corrected chi connectivity index (χ0v) is 12.7. The van der Waals surface area contributed by atoms with Gasteiger partial charge in [-0.3, -0.25) is 0 Å². The van der Waals surface area contributed by atoms with E-state index < -0.39 is 0 Å². The number of hydrogen-bond donors (Lipinski definition) is 1. The van der Waals surface area contributed by atoms with Gasteiger partial charge in [-0.05, 0) is 31.0 Å². The molecule has 0 fully saturated rings. The van der Waals surface area contributed by atoms with E-state index in [-0.39, 0.29) is 5.82 Å². The van der Waals surface area contributed by atoms with Crippen molar-refractivity contribution in [3.63, 3.8) is 0 Å². The summed E-state index contributed by atoms with van der Waals surface area (Å²) in [6.45, 7) is 5.61. The summed E-state index contributed by atoms with van der Waals surface area (Å²) in [6.07, 6.45) is 2.85. The summed E-state index contributed by atoms with van der Waals surface area (Å²) in [5, 5.41) is 3.19. The summed E-state index contributed by atoms with van der Waals surface area (Å²) in [7, 11) is 1.97. The SMILES string of the molecule is CCCNc1ncc(C)c(N(C)Cc2ccc(F)cc2)n1. The van der Waals surface area contributed by atoms with Gasteiger partial charge in [0.25, 0.3) is 0 Å². The fraction of sp³-hybridized carbons (Fsp3) is 0.375. The van der Waals surface area contributed by atoms with Crippen LogP contribution in [0.3, 0.4) is 0 Å². The van der Waals surface area contributed by atoms with Crippen LogP contribution >= 0.6 is 0 Å². The first-order valence-electron chi connectivity index (χ1n) is 7.13. The van der Waals surface area contributed by atoms with E-state index in [1.807, 2.05) is 25.1 Å². The highest BCUT2D eigenvalue weighted by molar-refractivity contribution is 5.48. The third-order valence-electron chi connectivity index (χ3n) is 3.17. The molecule has 0 unspecified atom stereocenters. The predicted molar refractivity (Wildman–Crippen MR) is 84.1 cm³/mol. The number of halogens is 1. The molecule has 0 amide bonds. The van der Waals surface area contributed by atoms with Crippen molar-refractivity contribution in [1.82, 2.24) is 9.97 Å². The standard InChI is InChI=1S/C16H21FN4/c1-4-9-18-16-19-10-12(2)15(20-16)21(3)11-13-5-7-14(17)8-6-13/h5-8,10H,4,9,11H2,1-3H3,(H,18,19,20). The smallest absolute Gasteiger partial charge is 0.224 e. The van der Waals surface area contributed by atoms with Crippen molar-refractivity contribution in [2.75, 3.05) is 23.8 Å². The zero-order chi connectivity index (χ0) is 15.2. The summed E-state index contributed by atoms with van der Waals surface area (Å²) >= 11 is 0. The van der Waals surface area contributed by atoms with E-state index in [1.54, 1.807) is 12.1 Å². The van der Waals surface area contributed by atoms with E-state index in [0.29, 0.717) is 12.5 Å². The van der Waals surface area contributed by atoms with Crippen LogP contribution in [0.25, 0.3) is 0 Å². The van der Waals surface area contributed by atoms with Crippen molar-refractivity contribution < 1.29 is 4.39 Å². The van der Waals surface area contributed by atoms with Gasteiger partial charge in [0.2, 0.25) is 5.95 Å². The molecule has 0 radical (unpaired) electrons. The van der Waals surface area contributed by atoms with Crippen LogP contribution in [-0.4, -0.2) is 23.6 Å². The average molecular weight is 288 g/mol. The van der Waals surface area contributed by atoms with Crippen LogP contribution in [0.15, 0.2) is 30.5 Å². The molecule has 2 rings (SSSR count). The average Bonchev–Trinajstić information content (AvgIpc) is 2.48. The lowest BCUT2D eigenvalue weighted by molar-refractivity contribution is 0.627. The van der Waals surface area contributed by atoms with E-state index in [9.17, 15) is 4.39 Å². The quantitative estimate of drug-likeness (QED) is 0.884. The van der Waals surface area contributed by atoms with E-state index >= 15 is 0 Å². The Kier molecular flexibility index (Phi) is 5.09. The topological polar surface area (TPSA) is 41.1 Å². The van der Waals surface area contributed by atoms with Gasteiger partial charge in [-0.1, -0.05) is 19.1 Å². The summed E-state index contributed by atoms with van der Waals surface area (Å²) in [4.78, 5) is 10.9. The molecule has 2 aromatic rings. The molecule has 0 saturated heterocycles. The summed E-state index contributed by atoms with van der Waals surface area (Å²) < 4.78 is 12.9. The van der Waals surface area contributed by atoms with Crippen LogP contribution in [0, 0.1) is 12.7 Å². The number of nitrogens with one attached hydrogen (secondary N) is 1. The Morgan fingerprint density at radius 3 is 2.62 bits per heavy atom. The number of aromatic nitrogens is 2. The molecule has 1 heterocycles. The van der Waals surface area contributed by atoms with Crippen LogP contribution in [0.2, 0.25) is 0 Å². The fourth-order valence-electron chi connectivity index (χ4n) is 2.08. The maximum Gasteiger partial charge on any atom is 0.224 e. The lowest BCUT2D eigenvalue weighted by Gasteiger charge is -2.20. The van der Waals surface area contributed by atoms with Crippen LogP contribution in [0.4, 0.5) is 16.2 Å². The molecule has 0 aliphatic rings. The molecule has 112 valence electrons. The van der Waals surface area contributed by atoms with Gasteiger partial charge in [0, 0.05) is 31.9 Å². The minimum absolute atomic E-state index is 0.217. The minimum atomic E-state index is -0.217. The molecule has 1 N–H and O–H groups in total. The molecule has 5 heteroatoms. The second-order valence-corrected chi connectivity index (χ2v) is 5.11. The van der Waals surface area contributed by atoms with Gasteiger partial charge in [-0.25, -0.2) is 9.37 Å². The highest BCUT2D eigenvalue weighted by Crippen LogP contribution is 2.19. The van der Waals surface area contributed by atoms with Gasteiger partial charge in [0.15, 0.2) is 0 Å². The van der Waals surface area contributed by atoms with Gasteiger partial charge in [0.05, 0.1) is 0 Å². The molecule has 0 atom stereocenters. The van der Waals surface area contributed by atoms with Gasteiger partial charge < -0.3 is 10.2 Å². The lowest BCUT2D eigenvalue weighted by atomic mass is 10.2. The Morgan fingerprint density at radius 1 is 1.24 bits per heavy atom. The Morgan fingerprint density at radius 2 is 1.95 bits per heavy atom. The number of aryl methyl sites for hydroxylation is 1. The van der Waals surface area contributed by atoms with E-state index in [4.69, 9.17) is 0 Å². The fourth-order valence-corrected chi connectivity index (χ4v) is 2.08. The maximum atomic E-state index is 12.9. The van der Waals surface area contributed by atoms with Crippen LogP contribution < -0.4 is 10.2 Å². The summed E-state index contributed by atoms with van der Waals surface area (Å²) in [5.74, 6) is 1.31. The Bertz CT molecular complexity index is 583. The van der Waals surface area contributed by atoms with Gasteiger partial charge in [-0.2, -0.15) is 4.98 Å². The van der Waals surface area contributed by atoms with Crippen molar-refractivity contribution >= 4 is 11.8 Å². The number of benzene rings is 1. The van der Waals surface area contributed by atoms with Crippen LogP contribution in [-0.2, 0) is 6.54 Å². The molecule has 0 bridgehead atoms. The molecular weight excluding hydrogens is 267 g/mol. The van der Waals surface area contributed by atoms with E-state index in [2.05, 4.69) is 22.2 Å². The van der Waals surface area contributed by atoms with E-state index in [0.717, 1.165) is 29.9 Å². The second kappa shape index (κ2) is 7.02. The van der Waals surface area contributed by atoms with Gasteiger partial charge in [0.1, 0.15) is 11.6 Å². The van der Waals surface area contributed by atoms with Crippen molar-refractivity contribution in [3.8, 4) is 0 Å². The van der Waals surface area contributed by atoms with Gasteiger partial charge >= 0.3 is 0 Å². The second-order valence-electron chi connectivity index (χ2n) is 5.11. The zero-order valence-electron chi connectivity index (χ0n) is 12.7. The highest BCUT2D eigenvalue weighted by Gasteiger charge is 2.09. The highest BCUT2D eigenvalue weighted by atomic mass is 19.1. The minimum Gasteiger partial charge on any atom is -0.355 e. The number of anilines is 2. The maximum absolute atomic E-state index is 12.9. The van der Waals surface area contributed by atoms with Crippen molar-refractivity contribution in [2.45, 2.75) is 26.8 Å². The Hall–Kier alpha value is -2.17. The molecule has 1 aromatic carbocycles. The first-order valence-corrected chi connectivity index (χ1v) is 7.13. The molecule has 0 aliphatic heterocycles. The lowest BCUT2D eigenvalue weighted by Crippen LogP contribution is -2.20. The van der Waals surface area contributed by atoms with Crippen molar-refractivity contribution in [1.29, 1.82) is 0 Å².